The molecule has 1 saturated heterocycles. The second-order valence-electron chi connectivity index (χ2n) is 8.94. The van der Waals surface area contributed by atoms with Crippen molar-refractivity contribution in [3.05, 3.63) is 82.0 Å². The third-order valence-corrected chi connectivity index (χ3v) is 7.09. The lowest BCUT2D eigenvalue weighted by Gasteiger charge is -2.36. The van der Waals surface area contributed by atoms with Crippen LogP contribution in [0.2, 0.25) is 0 Å². The number of nitrogens with one attached hydrogen (secondary N) is 1. The molecule has 3 aromatic rings. The maximum atomic E-state index is 12.8. The summed E-state index contributed by atoms with van der Waals surface area (Å²) in [5.74, 6) is -0.260. The van der Waals surface area contributed by atoms with Gasteiger partial charge in [-0.3, -0.25) is 14.4 Å². The molecule has 0 saturated carbocycles. The SMILES string of the molecule is CCCN(CC(=O)Nc1ccc(N2CCN(C(=O)c3ccc(C)cc3)CC2)cc1)C(=O)c1cccs1. The summed E-state index contributed by atoms with van der Waals surface area (Å²) in [6.45, 7) is 7.38. The highest BCUT2D eigenvalue weighted by Gasteiger charge is 2.23. The van der Waals surface area contributed by atoms with E-state index < -0.39 is 0 Å². The Morgan fingerprint density at radius 2 is 1.64 bits per heavy atom. The Labute approximate surface area is 216 Å². The largest absolute Gasteiger partial charge is 0.368 e. The number of amides is 3. The van der Waals surface area contributed by atoms with E-state index in [9.17, 15) is 14.4 Å². The number of hydrogen-bond donors (Lipinski definition) is 1. The van der Waals surface area contributed by atoms with Crippen molar-refractivity contribution in [3.63, 3.8) is 0 Å². The van der Waals surface area contributed by atoms with E-state index in [0.717, 1.165) is 36.3 Å². The zero-order valence-corrected chi connectivity index (χ0v) is 21.6. The van der Waals surface area contributed by atoms with Crippen LogP contribution in [-0.2, 0) is 4.79 Å². The number of benzene rings is 2. The van der Waals surface area contributed by atoms with Crippen molar-refractivity contribution in [2.24, 2.45) is 0 Å². The molecule has 1 fully saturated rings. The van der Waals surface area contributed by atoms with Gasteiger partial charge < -0.3 is 20.0 Å². The van der Waals surface area contributed by atoms with Gasteiger partial charge in [-0.25, -0.2) is 0 Å². The van der Waals surface area contributed by atoms with E-state index in [1.807, 2.05) is 78.7 Å². The Kier molecular flexibility index (Phi) is 8.38. The highest BCUT2D eigenvalue weighted by molar-refractivity contribution is 7.12. The molecule has 2 aromatic carbocycles. The predicted octanol–water partition coefficient (Wildman–Crippen LogP) is 4.51. The van der Waals surface area contributed by atoms with E-state index in [4.69, 9.17) is 0 Å². The molecule has 0 unspecified atom stereocenters. The van der Waals surface area contributed by atoms with Crippen molar-refractivity contribution in [1.29, 1.82) is 0 Å². The molecule has 4 rings (SSSR count). The average molecular weight is 505 g/mol. The normalized spacial score (nSPS) is 13.4. The number of anilines is 2. The monoisotopic (exact) mass is 504 g/mol. The minimum absolute atomic E-state index is 0.0172. The summed E-state index contributed by atoms with van der Waals surface area (Å²) < 4.78 is 0. The van der Waals surface area contributed by atoms with Gasteiger partial charge in [0.2, 0.25) is 5.91 Å². The van der Waals surface area contributed by atoms with E-state index >= 15 is 0 Å². The highest BCUT2D eigenvalue weighted by Crippen LogP contribution is 2.21. The lowest BCUT2D eigenvalue weighted by molar-refractivity contribution is -0.116. The zero-order valence-electron chi connectivity index (χ0n) is 20.8. The molecule has 1 N–H and O–H groups in total. The molecule has 0 radical (unpaired) electrons. The van der Waals surface area contributed by atoms with Crippen LogP contribution >= 0.6 is 11.3 Å². The summed E-state index contributed by atoms with van der Waals surface area (Å²) >= 11 is 1.38. The van der Waals surface area contributed by atoms with E-state index in [0.29, 0.717) is 30.2 Å². The minimum atomic E-state index is -0.218. The molecule has 0 spiro atoms. The summed E-state index contributed by atoms with van der Waals surface area (Å²) in [4.78, 5) is 44.5. The predicted molar refractivity (Wildman–Crippen MR) is 145 cm³/mol. The van der Waals surface area contributed by atoms with Crippen molar-refractivity contribution >= 4 is 40.4 Å². The third kappa shape index (κ3) is 6.31. The number of hydrogen-bond acceptors (Lipinski definition) is 5. The Hall–Kier alpha value is -3.65. The number of carbonyl (C=O) groups is 3. The minimum Gasteiger partial charge on any atom is -0.368 e. The van der Waals surface area contributed by atoms with Crippen LogP contribution in [0.3, 0.4) is 0 Å². The Balaban J connectivity index is 1.29. The van der Waals surface area contributed by atoms with Gasteiger partial charge in [-0.05, 0) is 61.2 Å². The average Bonchev–Trinajstić information content (AvgIpc) is 3.44. The van der Waals surface area contributed by atoms with Crippen molar-refractivity contribution in [1.82, 2.24) is 9.80 Å². The summed E-state index contributed by atoms with van der Waals surface area (Å²) in [6, 6.07) is 19.0. The fourth-order valence-electron chi connectivity index (χ4n) is 4.25. The Morgan fingerprint density at radius 3 is 2.25 bits per heavy atom. The standard InChI is InChI=1S/C28H32N4O3S/c1-3-14-32(28(35)25-5-4-19-36-25)20-26(33)29-23-10-12-24(13-11-23)30-15-17-31(18-16-30)27(34)22-8-6-21(2)7-9-22/h4-13,19H,3,14-18,20H2,1-2H3,(H,29,33). The topological polar surface area (TPSA) is 73.0 Å². The first-order chi connectivity index (χ1) is 17.4. The lowest BCUT2D eigenvalue weighted by Crippen LogP contribution is -2.48. The van der Waals surface area contributed by atoms with E-state index in [2.05, 4.69) is 10.2 Å². The van der Waals surface area contributed by atoms with E-state index in [1.54, 1.807) is 11.0 Å². The molecule has 0 aliphatic carbocycles. The fraction of sp³-hybridized carbons (Fsp3) is 0.321. The maximum absolute atomic E-state index is 12.8. The number of thiophene rings is 1. The molecule has 8 heteroatoms. The molecule has 36 heavy (non-hydrogen) atoms. The number of nitrogens with zero attached hydrogens (tertiary/aromatic N) is 3. The summed E-state index contributed by atoms with van der Waals surface area (Å²) in [7, 11) is 0. The molecule has 0 atom stereocenters. The number of rotatable bonds is 8. The van der Waals surface area contributed by atoms with Crippen LogP contribution in [0.4, 0.5) is 11.4 Å². The van der Waals surface area contributed by atoms with Gasteiger partial charge in [-0.2, -0.15) is 0 Å². The van der Waals surface area contributed by atoms with Crippen LogP contribution in [0.15, 0.2) is 66.0 Å². The molecular formula is C28H32N4O3S. The van der Waals surface area contributed by atoms with Crippen molar-refractivity contribution in [2.75, 3.05) is 49.5 Å². The van der Waals surface area contributed by atoms with Crippen molar-refractivity contribution in [2.45, 2.75) is 20.3 Å². The molecule has 7 nitrogen and oxygen atoms in total. The third-order valence-electron chi connectivity index (χ3n) is 6.23. The first kappa shape index (κ1) is 25.4. The summed E-state index contributed by atoms with van der Waals surface area (Å²) in [5, 5.41) is 4.77. The molecule has 1 aromatic heterocycles. The zero-order chi connectivity index (χ0) is 25.5. The Bertz CT molecular complexity index is 1170. The quantitative estimate of drug-likeness (QED) is 0.490. The maximum Gasteiger partial charge on any atom is 0.264 e. The molecule has 1 aliphatic rings. The van der Waals surface area contributed by atoms with Gasteiger partial charge in [0.25, 0.3) is 11.8 Å². The Morgan fingerprint density at radius 1 is 0.944 bits per heavy atom. The van der Waals surface area contributed by atoms with Gasteiger partial charge >= 0.3 is 0 Å². The van der Waals surface area contributed by atoms with Gasteiger partial charge in [0.15, 0.2) is 0 Å². The highest BCUT2D eigenvalue weighted by atomic mass is 32.1. The van der Waals surface area contributed by atoms with Gasteiger partial charge in [0, 0.05) is 49.7 Å². The number of aryl methyl sites for hydroxylation is 1. The smallest absolute Gasteiger partial charge is 0.264 e. The first-order valence-electron chi connectivity index (χ1n) is 12.3. The summed E-state index contributed by atoms with van der Waals surface area (Å²) in [6.07, 6.45) is 0.781. The molecular weight excluding hydrogens is 472 g/mol. The van der Waals surface area contributed by atoms with E-state index in [1.165, 1.54) is 11.3 Å². The second-order valence-corrected chi connectivity index (χ2v) is 9.89. The molecule has 188 valence electrons. The van der Waals surface area contributed by atoms with Crippen molar-refractivity contribution in [3.8, 4) is 0 Å². The van der Waals surface area contributed by atoms with Gasteiger partial charge in [-0.15, -0.1) is 11.3 Å². The van der Waals surface area contributed by atoms with Gasteiger partial charge in [0.05, 0.1) is 4.88 Å². The molecule has 3 amide bonds. The first-order valence-corrected chi connectivity index (χ1v) is 13.2. The van der Waals surface area contributed by atoms with Crippen molar-refractivity contribution < 1.29 is 14.4 Å². The van der Waals surface area contributed by atoms with Crippen LogP contribution < -0.4 is 10.2 Å². The van der Waals surface area contributed by atoms with Crippen LogP contribution in [0.25, 0.3) is 0 Å². The van der Waals surface area contributed by atoms with Crippen LogP contribution in [-0.4, -0.2) is 66.8 Å². The molecule has 0 bridgehead atoms. The molecule has 1 aliphatic heterocycles. The lowest BCUT2D eigenvalue weighted by atomic mass is 10.1. The van der Waals surface area contributed by atoms with Gasteiger partial charge in [0.1, 0.15) is 6.54 Å². The van der Waals surface area contributed by atoms with Gasteiger partial charge in [-0.1, -0.05) is 30.7 Å². The fourth-order valence-corrected chi connectivity index (χ4v) is 4.95. The van der Waals surface area contributed by atoms with Crippen LogP contribution in [0, 0.1) is 6.92 Å². The van der Waals surface area contributed by atoms with E-state index in [-0.39, 0.29) is 24.3 Å². The van der Waals surface area contributed by atoms with Crippen LogP contribution in [0.5, 0.6) is 0 Å². The molecule has 2 heterocycles. The summed E-state index contributed by atoms with van der Waals surface area (Å²) in [5.41, 5.74) is 3.61. The van der Waals surface area contributed by atoms with Crippen LogP contribution in [0.1, 0.15) is 38.9 Å². The second kappa shape index (κ2) is 11.9. The number of piperazine rings is 1. The number of carbonyl (C=O) groups excluding carboxylic acids is 3.